The van der Waals surface area contributed by atoms with Crippen molar-refractivity contribution in [2.24, 2.45) is 0 Å². The first-order valence-corrected chi connectivity index (χ1v) is 7.85. The van der Waals surface area contributed by atoms with E-state index in [0.29, 0.717) is 11.5 Å². The lowest BCUT2D eigenvalue weighted by Crippen LogP contribution is -2.28. The van der Waals surface area contributed by atoms with E-state index in [4.69, 9.17) is 14.2 Å². The number of hydrogen-bond acceptors (Lipinski definition) is 5. The Labute approximate surface area is 138 Å². The van der Waals surface area contributed by atoms with Gasteiger partial charge in [-0.05, 0) is 30.7 Å². The maximum Gasteiger partial charge on any atom is 0.308 e. The highest BCUT2D eigenvalue weighted by Crippen LogP contribution is 2.28. The van der Waals surface area contributed by atoms with Crippen LogP contribution in [0.2, 0.25) is 0 Å². The fourth-order valence-corrected chi connectivity index (χ4v) is 2.20. The van der Waals surface area contributed by atoms with Gasteiger partial charge in [-0.2, -0.15) is 0 Å². The molecule has 0 spiro atoms. The van der Waals surface area contributed by atoms with Crippen LogP contribution in [0.25, 0.3) is 6.08 Å². The van der Waals surface area contributed by atoms with Crippen molar-refractivity contribution >= 4 is 12.0 Å². The van der Waals surface area contributed by atoms with Gasteiger partial charge in [-0.1, -0.05) is 25.1 Å². The highest BCUT2D eigenvalue weighted by atomic mass is 16.6. The second kappa shape index (κ2) is 10.8. The monoisotopic (exact) mass is 321 g/mol. The van der Waals surface area contributed by atoms with E-state index in [2.05, 4.69) is 17.9 Å². The molecule has 0 amide bonds. The van der Waals surface area contributed by atoms with Gasteiger partial charge in [-0.15, -0.1) is 0 Å². The predicted molar refractivity (Wildman–Crippen MR) is 91.9 cm³/mol. The number of carbonyl (C=O) groups excluding carboxylic acids is 1. The van der Waals surface area contributed by atoms with Crippen LogP contribution in [0.1, 0.15) is 25.8 Å². The van der Waals surface area contributed by atoms with Crippen LogP contribution in [-0.2, 0) is 9.53 Å². The van der Waals surface area contributed by atoms with E-state index >= 15 is 0 Å². The molecule has 23 heavy (non-hydrogen) atoms. The zero-order valence-electron chi connectivity index (χ0n) is 14.5. The number of rotatable bonds is 10. The molecule has 0 saturated heterocycles. The van der Waals surface area contributed by atoms with Gasteiger partial charge in [0.05, 0.1) is 13.7 Å². The van der Waals surface area contributed by atoms with Crippen molar-refractivity contribution in [1.82, 2.24) is 4.90 Å². The molecule has 1 aromatic rings. The van der Waals surface area contributed by atoms with Gasteiger partial charge in [-0.3, -0.25) is 9.69 Å². The van der Waals surface area contributed by atoms with Crippen LogP contribution in [0.3, 0.4) is 0 Å². The van der Waals surface area contributed by atoms with Gasteiger partial charge in [0.25, 0.3) is 0 Å². The Morgan fingerprint density at radius 2 is 2.00 bits per heavy atom. The third-order valence-corrected chi connectivity index (χ3v) is 3.27. The van der Waals surface area contributed by atoms with Crippen molar-refractivity contribution < 1.29 is 19.0 Å². The smallest absolute Gasteiger partial charge is 0.308 e. The highest BCUT2D eigenvalue weighted by molar-refractivity contribution is 5.71. The maximum absolute atomic E-state index is 11.1. The largest absolute Gasteiger partial charge is 0.493 e. The number of benzene rings is 1. The molecule has 5 nitrogen and oxygen atoms in total. The summed E-state index contributed by atoms with van der Waals surface area (Å²) >= 11 is 0. The fraction of sp³-hybridized carbons (Fsp3) is 0.500. The summed E-state index contributed by atoms with van der Waals surface area (Å²) in [7, 11) is 3.28. The van der Waals surface area contributed by atoms with Gasteiger partial charge in [0.15, 0.2) is 11.5 Å². The second-order valence-electron chi connectivity index (χ2n) is 5.20. The van der Waals surface area contributed by atoms with Gasteiger partial charge < -0.3 is 14.2 Å². The summed E-state index contributed by atoms with van der Waals surface area (Å²) in [6, 6.07) is 5.50. The number of hydrogen-bond donors (Lipinski definition) is 0. The standard InChI is InChI=1S/C18H27NO4/c1-5-10-19(12-13-21-3)11-6-7-16-8-9-17(23-15(2)20)18(14-16)22-4/h6-9,14H,5,10-13H2,1-4H3/b7-6+. The number of nitrogens with zero attached hydrogens (tertiary/aromatic N) is 1. The first kappa shape index (κ1) is 19.2. The van der Waals surface area contributed by atoms with Gasteiger partial charge >= 0.3 is 5.97 Å². The lowest BCUT2D eigenvalue weighted by atomic mass is 10.2. The normalized spacial score (nSPS) is 11.2. The van der Waals surface area contributed by atoms with Gasteiger partial charge in [0.2, 0.25) is 0 Å². The summed E-state index contributed by atoms with van der Waals surface area (Å²) in [5, 5.41) is 0. The molecule has 5 heteroatoms. The van der Waals surface area contributed by atoms with Crippen LogP contribution < -0.4 is 9.47 Å². The topological polar surface area (TPSA) is 48.0 Å². The Kier molecular flexibility index (Phi) is 9.02. The molecule has 0 radical (unpaired) electrons. The summed E-state index contributed by atoms with van der Waals surface area (Å²) in [5.74, 6) is 0.622. The first-order chi connectivity index (χ1) is 11.1. The zero-order valence-corrected chi connectivity index (χ0v) is 14.5. The van der Waals surface area contributed by atoms with Crippen LogP contribution in [-0.4, -0.2) is 51.3 Å². The van der Waals surface area contributed by atoms with E-state index in [-0.39, 0.29) is 5.97 Å². The van der Waals surface area contributed by atoms with E-state index in [1.165, 1.54) is 6.92 Å². The zero-order chi connectivity index (χ0) is 17.1. The van der Waals surface area contributed by atoms with Crippen LogP contribution >= 0.6 is 0 Å². The Morgan fingerprint density at radius 1 is 1.22 bits per heavy atom. The molecule has 0 unspecified atom stereocenters. The van der Waals surface area contributed by atoms with Crippen molar-refractivity contribution in [3.63, 3.8) is 0 Å². The second-order valence-corrected chi connectivity index (χ2v) is 5.20. The third-order valence-electron chi connectivity index (χ3n) is 3.27. The molecule has 0 atom stereocenters. The average molecular weight is 321 g/mol. The summed E-state index contributed by atoms with van der Waals surface area (Å²) < 4.78 is 15.5. The molecule has 128 valence electrons. The molecule has 0 aliphatic rings. The van der Waals surface area contributed by atoms with Crippen LogP contribution in [0.15, 0.2) is 24.3 Å². The summed E-state index contributed by atoms with van der Waals surface area (Å²) in [6.07, 6.45) is 5.27. The molecule has 1 aromatic carbocycles. The van der Waals surface area contributed by atoms with Crippen molar-refractivity contribution in [3.05, 3.63) is 29.8 Å². The molecule has 0 N–H and O–H groups in total. The van der Waals surface area contributed by atoms with Gasteiger partial charge in [0.1, 0.15) is 0 Å². The average Bonchev–Trinajstić information content (AvgIpc) is 2.53. The first-order valence-electron chi connectivity index (χ1n) is 7.85. The molecule has 0 heterocycles. The van der Waals surface area contributed by atoms with E-state index in [0.717, 1.165) is 38.2 Å². The lowest BCUT2D eigenvalue weighted by molar-refractivity contribution is -0.132. The van der Waals surface area contributed by atoms with E-state index in [1.54, 1.807) is 20.3 Å². The van der Waals surface area contributed by atoms with Crippen molar-refractivity contribution in [3.8, 4) is 11.5 Å². The van der Waals surface area contributed by atoms with Crippen LogP contribution in [0, 0.1) is 0 Å². The molecule has 0 aliphatic carbocycles. The van der Waals surface area contributed by atoms with Crippen molar-refractivity contribution in [2.45, 2.75) is 20.3 Å². The van der Waals surface area contributed by atoms with Crippen LogP contribution in [0.4, 0.5) is 0 Å². The van der Waals surface area contributed by atoms with Crippen LogP contribution in [0.5, 0.6) is 11.5 Å². The molecule has 0 fully saturated rings. The molecule has 0 aromatic heterocycles. The Bertz CT molecular complexity index is 514. The van der Waals surface area contributed by atoms with Crippen molar-refractivity contribution in [2.75, 3.05) is 40.5 Å². The minimum absolute atomic E-state index is 0.361. The van der Waals surface area contributed by atoms with E-state index < -0.39 is 0 Å². The fourth-order valence-electron chi connectivity index (χ4n) is 2.20. The molecule has 0 bridgehead atoms. The number of ether oxygens (including phenoxy) is 3. The van der Waals surface area contributed by atoms with Gasteiger partial charge in [-0.25, -0.2) is 0 Å². The molecular weight excluding hydrogens is 294 g/mol. The van der Waals surface area contributed by atoms with E-state index in [1.807, 2.05) is 18.2 Å². The summed E-state index contributed by atoms with van der Waals surface area (Å²) in [5.41, 5.74) is 1.00. The Morgan fingerprint density at radius 3 is 2.61 bits per heavy atom. The SMILES string of the molecule is CCCN(C/C=C/c1ccc(OC(C)=O)c(OC)c1)CCOC. The minimum Gasteiger partial charge on any atom is -0.493 e. The minimum atomic E-state index is -0.361. The number of esters is 1. The molecule has 1 rings (SSSR count). The Balaban J connectivity index is 2.69. The summed E-state index contributed by atoms with van der Waals surface area (Å²) in [6.45, 7) is 7.10. The lowest BCUT2D eigenvalue weighted by Gasteiger charge is -2.19. The molecule has 0 saturated carbocycles. The maximum atomic E-state index is 11.1. The Hall–Kier alpha value is -1.85. The number of carbonyl (C=O) groups is 1. The number of methoxy groups -OCH3 is 2. The van der Waals surface area contributed by atoms with Gasteiger partial charge in [0, 0.05) is 27.1 Å². The predicted octanol–water partition coefficient (Wildman–Crippen LogP) is 2.99. The quantitative estimate of drug-likeness (QED) is 0.490. The highest BCUT2D eigenvalue weighted by Gasteiger charge is 2.07. The van der Waals surface area contributed by atoms with Crippen molar-refractivity contribution in [1.29, 1.82) is 0 Å². The van der Waals surface area contributed by atoms with E-state index in [9.17, 15) is 4.79 Å². The summed E-state index contributed by atoms with van der Waals surface area (Å²) in [4.78, 5) is 13.4. The molecular formula is C18H27NO4. The molecule has 0 aliphatic heterocycles. The third kappa shape index (κ3) is 7.30.